The molecule has 0 radical (unpaired) electrons. The summed E-state index contributed by atoms with van der Waals surface area (Å²) in [5, 5.41) is 3.74. The molecule has 1 aliphatic heterocycles. The maximum atomic E-state index is 4.33. The molecule has 2 heterocycles. The van der Waals surface area contributed by atoms with Gasteiger partial charge in [-0.15, -0.1) is 0 Å². The Kier molecular flexibility index (Phi) is 4.66. The van der Waals surface area contributed by atoms with Crippen LogP contribution >= 0.6 is 0 Å². The largest absolute Gasteiger partial charge is 0.310 e. The van der Waals surface area contributed by atoms with Crippen molar-refractivity contribution in [3.8, 4) is 0 Å². The van der Waals surface area contributed by atoms with Gasteiger partial charge in [-0.05, 0) is 38.4 Å². The predicted molar refractivity (Wildman–Crippen MR) is 73.2 cm³/mol. The van der Waals surface area contributed by atoms with Gasteiger partial charge in [0, 0.05) is 24.8 Å². The van der Waals surface area contributed by atoms with E-state index in [-0.39, 0.29) is 5.54 Å². The zero-order valence-corrected chi connectivity index (χ0v) is 11.5. The SMILES string of the molecule is CCC1(CC)CN(Cc2ccncn2)CCCN1. The third-order valence-electron chi connectivity index (χ3n) is 4.06. The van der Waals surface area contributed by atoms with E-state index in [1.165, 1.54) is 19.3 Å². The van der Waals surface area contributed by atoms with Gasteiger partial charge in [-0.25, -0.2) is 9.97 Å². The minimum Gasteiger partial charge on any atom is -0.310 e. The first kappa shape index (κ1) is 13.4. The number of rotatable bonds is 4. The van der Waals surface area contributed by atoms with Crippen LogP contribution in [-0.2, 0) is 6.54 Å². The van der Waals surface area contributed by atoms with Crippen molar-refractivity contribution >= 4 is 0 Å². The summed E-state index contributed by atoms with van der Waals surface area (Å²) in [5.41, 5.74) is 1.40. The summed E-state index contributed by atoms with van der Waals surface area (Å²) < 4.78 is 0. The molecule has 1 aliphatic rings. The molecular formula is C14H24N4. The molecule has 0 aromatic carbocycles. The lowest BCUT2D eigenvalue weighted by molar-refractivity contribution is 0.189. The topological polar surface area (TPSA) is 41.1 Å². The Bertz CT molecular complexity index is 348. The monoisotopic (exact) mass is 248 g/mol. The third-order valence-corrected chi connectivity index (χ3v) is 4.06. The molecule has 4 nitrogen and oxygen atoms in total. The van der Waals surface area contributed by atoms with E-state index in [1.54, 1.807) is 6.33 Å². The molecule has 1 fully saturated rings. The first-order chi connectivity index (χ1) is 8.78. The second-order valence-electron chi connectivity index (χ2n) is 5.18. The first-order valence-electron chi connectivity index (χ1n) is 7.00. The van der Waals surface area contributed by atoms with Crippen LogP contribution in [0.2, 0.25) is 0 Å². The Morgan fingerprint density at radius 1 is 1.39 bits per heavy atom. The van der Waals surface area contributed by atoms with Crippen molar-refractivity contribution in [3.63, 3.8) is 0 Å². The molecule has 2 rings (SSSR count). The molecule has 0 spiro atoms. The van der Waals surface area contributed by atoms with E-state index < -0.39 is 0 Å². The highest BCUT2D eigenvalue weighted by molar-refractivity contribution is 4.99. The molecule has 0 saturated carbocycles. The molecule has 1 aromatic heterocycles. The minimum atomic E-state index is 0.281. The van der Waals surface area contributed by atoms with Crippen molar-refractivity contribution in [2.24, 2.45) is 0 Å². The van der Waals surface area contributed by atoms with Crippen molar-refractivity contribution in [2.75, 3.05) is 19.6 Å². The highest BCUT2D eigenvalue weighted by atomic mass is 15.2. The Hall–Kier alpha value is -1.00. The fourth-order valence-corrected chi connectivity index (χ4v) is 2.72. The molecule has 0 bridgehead atoms. The number of nitrogens with zero attached hydrogens (tertiary/aromatic N) is 3. The summed E-state index contributed by atoms with van der Waals surface area (Å²) in [6.07, 6.45) is 7.05. The second kappa shape index (κ2) is 6.25. The maximum Gasteiger partial charge on any atom is 0.115 e. The van der Waals surface area contributed by atoms with Gasteiger partial charge in [0.25, 0.3) is 0 Å². The van der Waals surface area contributed by atoms with E-state index in [0.29, 0.717) is 0 Å². The lowest BCUT2D eigenvalue weighted by Crippen LogP contribution is -2.50. The zero-order valence-electron chi connectivity index (χ0n) is 11.5. The molecule has 0 amide bonds. The standard InChI is InChI=1S/C14H24N4/c1-3-14(4-2)11-18(9-5-7-17-14)10-13-6-8-15-12-16-13/h6,8,12,17H,3-5,7,9-11H2,1-2H3. The van der Waals surface area contributed by atoms with Crippen molar-refractivity contribution in [2.45, 2.75) is 45.2 Å². The predicted octanol–water partition coefficient (Wildman–Crippen LogP) is 1.83. The molecular weight excluding hydrogens is 224 g/mol. The normalized spacial score (nSPS) is 20.6. The summed E-state index contributed by atoms with van der Waals surface area (Å²) in [6.45, 7) is 8.89. The second-order valence-corrected chi connectivity index (χ2v) is 5.18. The molecule has 100 valence electrons. The van der Waals surface area contributed by atoms with E-state index in [1.807, 2.05) is 12.3 Å². The molecule has 4 heteroatoms. The van der Waals surface area contributed by atoms with Crippen molar-refractivity contribution < 1.29 is 0 Å². The summed E-state index contributed by atoms with van der Waals surface area (Å²) in [4.78, 5) is 10.8. The van der Waals surface area contributed by atoms with Crippen molar-refractivity contribution in [1.29, 1.82) is 0 Å². The van der Waals surface area contributed by atoms with Gasteiger partial charge in [0.15, 0.2) is 0 Å². The number of nitrogens with one attached hydrogen (secondary N) is 1. The average molecular weight is 248 g/mol. The van der Waals surface area contributed by atoms with Gasteiger partial charge in [0.1, 0.15) is 6.33 Å². The van der Waals surface area contributed by atoms with Crippen LogP contribution in [0.15, 0.2) is 18.6 Å². The Balaban J connectivity index is 2.03. The van der Waals surface area contributed by atoms with Crippen molar-refractivity contribution in [3.05, 3.63) is 24.3 Å². The molecule has 0 atom stereocenters. The maximum absolute atomic E-state index is 4.33. The molecule has 18 heavy (non-hydrogen) atoms. The molecule has 1 saturated heterocycles. The Morgan fingerprint density at radius 3 is 2.89 bits per heavy atom. The first-order valence-corrected chi connectivity index (χ1v) is 7.00. The van der Waals surface area contributed by atoms with Gasteiger partial charge in [0.2, 0.25) is 0 Å². The fraction of sp³-hybridized carbons (Fsp3) is 0.714. The van der Waals surface area contributed by atoms with Gasteiger partial charge in [-0.1, -0.05) is 13.8 Å². The van der Waals surface area contributed by atoms with Gasteiger partial charge in [-0.2, -0.15) is 0 Å². The number of aromatic nitrogens is 2. The van der Waals surface area contributed by atoms with Crippen LogP contribution in [0.1, 0.15) is 38.8 Å². The van der Waals surface area contributed by atoms with Crippen LogP contribution in [0.3, 0.4) is 0 Å². The van der Waals surface area contributed by atoms with Crippen LogP contribution < -0.4 is 5.32 Å². The molecule has 0 unspecified atom stereocenters. The fourth-order valence-electron chi connectivity index (χ4n) is 2.72. The lowest BCUT2D eigenvalue weighted by atomic mass is 9.92. The summed E-state index contributed by atoms with van der Waals surface area (Å²) >= 11 is 0. The number of hydrogen-bond acceptors (Lipinski definition) is 4. The van der Waals surface area contributed by atoms with E-state index in [0.717, 1.165) is 31.9 Å². The zero-order chi connectivity index (χ0) is 12.8. The smallest absolute Gasteiger partial charge is 0.115 e. The summed E-state index contributed by atoms with van der Waals surface area (Å²) in [5.74, 6) is 0. The average Bonchev–Trinajstić information content (AvgIpc) is 2.63. The highest BCUT2D eigenvalue weighted by Gasteiger charge is 2.30. The summed E-state index contributed by atoms with van der Waals surface area (Å²) in [6, 6.07) is 2.01. The van der Waals surface area contributed by atoms with Crippen LogP contribution in [0.25, 0.3) is 0 Å². The van der Waals surface area contributed by atoms with E-state index in [2.05, 4.69) is 34.0 Å². The van der Waals surface area contributed by atoms with Gasteiger partial charge >= 0.3 is 0 Å². The highest BCUT2D eigenvalue weighted by Crippen LogP contribution is 2.20. The van der Waals surface area contributed by atoms with E-state index >= 15 is 0 Å². The lowest BCUT2D eigenvalue weighted by Gasteiger charge is -2.35. The van der Waals surface area contributed by atoms with Gasteiger partial charge in [-0.3, -0.25) is 4.90 Å². The van der Waals surface area contributed by atoms with Crippen LogP contribution in [0, 0.1) is 0 Å². The quantitative estimate of drug-likeness (QED) is 0.882. The van der Waals surface area contributed by atoms with Gasteiger partial charge in [0.05, 0.1) is 5.69 Å². The van der Waals surface area contributed by atoms with E-state index in [4.69, 9.17) is 0 Å². The van der Waals surface area contributed by atoms with Crippen LogP contribution in [0.5, 0.6) is 0 Å². The van der Waals surface area contributed by atoms with Crippen molar-refractivity contribution in [1.82, 2.24) is 20.2 Å². The third kappa shape index (κ3) is 3.27. The van der Waals surface area contributed by atoms with Crippen LogP contribution in [0.4, 0.5) is 0 Å². The van der Waals surface area contributed by atoms with Gasteiger partial charge < -0.3 is 5.32 Å². The molecule has 0 aliphatic carbocycles. The minimum absolute atomic E-state index is 0.281. The molecule has 1 aromatic rings. The number of hydrogen-bond donors (Lipinski definition) is 1. The molecule has 1 N–H and O–H groups in total. The Morgan fingerprint density at radius 2 is 2.22 bits per heavy atom. The summed E-state index contributed by atoms with van der Waals surface area (Å²) in [7, 11) is 0. The Labute approximate surface area is 110 Å². The van der Waals surface area contributed by atoms with E-state index in [9.17, 15) is 0 Å². The van der Waals surface area contributed by atoms with Crippen LogP contribution in [-0.4, -0.2) is 40.0 Å².